The first-order valence-electron chi connectivity index (χ1n) is 21.4. The monoisotopic (exact) mass is 740 g/mol. The number of benzene rings is 17. The Balaban J connectivity index is 1.40. The van der Waals surface area contributed by atoms with Crippen LogP contribution >= 0.6 is 0 Å². The lowest BCUT2D eigenvalue weighted by Gasteiger charge is -2.32. The predicted molar refractivity (Wildman–Crippen MR) is 260 cm³/mol. The Bertz CT molecular complexity index is 4790. The average molecular weight is 741 g/mol. The first-order chi connectivity index (χ1) is 28.9. The molecule has 0 spiro atoms. The molecule has 0 unspecified atom stereocenters. The fraction of sp³-hybridized carbons (Fsp3) is 0.0847. The summed E-state index contributed by atoms with van der Waals surface area (Å²) in [5.41, 5.74) is 6.72. The maximum atomic E-state index is 2.57. The van der Waals surface area contributed by atoms with Crippen LogP contribution in [0, 0.1) is 34.6 Å². The molecular weight excluding hydrogens is 709 g/mol. The maximum Gasteiger partial charge on any atom is -0.0000138 e. The lowest BCUT2D eigenvalue weighted by molar-refractivity contribution is 1.51. The van der Waals surface area contributed by atoms with Crippen molar-refractivity contribution in [2.24, 2.45) is 0 Å². The van der Waals surface area contributed by atoms with Gasteiger partial charge in [-0.3, -0.25) is 0 Å². The third-order valence-electron chi connectivity index (χ3n) is 15.9. The van der Waals surface area contributed by atoms with Gasteiger partial charge >= 0.3 is 0 Å². The topological polar surface area (TPSA) is 0 Å². The highest BCUT2D eigenvalue weighted by Crippen LogP contribution is 2.63. The van der Waals surface area contributed by atoms with E-state index in [2.05, 4.69) is 138 Å². The highest BCUT2D eigenvalue weighted by Gasteiger charge is 2.34. The Labute approximate surface area is 336 Å². The van der Waals surface area contributed by atoms with E-state index in [9.17, 15) is 0 Å². The SMILES string of the molecule is Cc1ccc2c(c1)c1cc(C)c3c4c(C)cc5c6ccccc6c6ccc7c8cc(C)cc9c%10cc(C)cc%11c%12ccc2c2c1c3c1c(c%122)c(c%10%11)c(c98)c2c7c6c5c4c21. The molecule has 0 heteroatoms. The molecule has 0 aliphatic heterocycles. The Hall–Kier alpha value is -7.02. The van der Waals surface area contributed by atoms with Gasteiger partial charge in [-0.15, -0.1) is 0 Å². The van der Waals surface area contributed by atoms with E-state index >= 15 is 0 Å². The molecule has 0 aromatic heterocycles. The Morgan fingerprint density at radius 2 is 0.475 bits per heavy atom. The van der Waals surface area contributed by atoms with Crippen LogP contribution in [0.5, 0.6) is 0 Å². The number of hydrogen-bond acceptors (Lipinski definition) is 0. The summed E-state index contributed by atoms with van der Waals surface area (Å²) in [5, 5.41) is 45.8. The van der Waals surface area contributed by atoms with Gasteiger partial charge in [0.2, 0.25) is 0 Å². The van der Waals surface area contributed by atoms with Crippen molar-refractivity contribution in [1.29, 1.82) is 0 Å². The molecule has 0 amide bonds. The molecule has 59 heavy (non-hydrogen) atoms. The minimum atomic E-state index is 1.31. The highest BCUT2D eigenvalue weighted by molar-refractivity contribution is 6.64. The van der Waals surface area contributed by atoms with Gasteiger partial charge in [0.25, 0.3) is 0 Å². The van der Waals surface area contributed by atoms with Crippen molar-refractivity contribution in [3.05, 3.63) is 131 Å². The molecule has 268 valence electrons. The third kappa shape index (κ3) is 2.75. The molecule has 0 fully saturated rings. The van der Waals surface area contributed by atoms with Crippen molar-refractivity contribution < 1.29 is 0 Å². The Morgan fingerprint density at radius 1 is 0.186 bits per heavy atom. The number of hydrogen-bond donors (Lipinski definition) is 0. The van der Waals surface area contributed by atoms with Gasteiger partial charge in [0.05, 0.1) is 0 Å². The summed E-state index contributed by atoms with van der Waals surface area (Å²) >= 11 is 0. The van der Waals surface area contributed by atoms with Crippen LogP contribution in [0.2, 0.25) is 0 Å². The summed E-state index contributed by atoms with van der Waals surface area (Å²) in [7, 11) is 0. The van der Waals surface area contributed by atoms with Gasteiger partial charge in [-0.05, 0) is 229 Å². The molecule has 0 nitrogen and oxygen atoms in total. The summed E-state index contributed by atoms with van der Waals surface area (Å²) in [5.74, 6) is 0. The van der Waals surface area contributed by atoms with E-state index in [1.54, 1.807) is 0 Å². The van der Waals surface area contributed by atoms with Gasteiger partial charge in [0.15, 0.2) is 0 Å². The molecular formula is C59H32. The molecule has 0 N–H and O–H groups in total. The maximum absolute atomic E-state index is 2.57. The molecule has 0 radical (unpaired) electrons. The normalized spacial score (nSPS) is 13.8. The summed E-state index contributed by atoms with van der Waals surface area (Å²) in [6.07, 6.45) is 0. The van der Waals surface area contributed by atoms with Crippen LogP contribution in [-0.2, 0) is 0 Å². The largest absolute Gasteiger partial charge is 0.0616 e. The van der Waals surface area contributed by atoms with Crippen molar-refractivity contribution in [1.82, 2.24) is 0 Å². The van der Waals surface area contributed by atoms with E-state index in [1.165, 1.54) is 200 Å². The predicted octanol–water partition coefficient (Wildman–Crippen LogP) is 17.2. The van der Waals surface area contributed by atoms with E-state index in [0.717, 1.165) is 0 Å². The average Bonchev–Trinajstić information content (AvgIpc) is 3.24. The van der Waals surface area contributed by atoms with E-state index in [1.807, 2.05) is 0 Å². The van der Waals surface area contributed by atoms with Crippen LogP contribution in [0.3, 0.4) is 0 Å². The van der Waals surface area contributed by atoms with E-state index < -0.39 is 0 Å². The summed E-state index contributed by atoms with van der Waals surface area (Å²) in [6, 6.07) is 41.5. The number of aryl methyl sites for hydroxylation is 5. The second-order valence-corrected chi connectivity index (χ2v) is 18.9. The summed E-state index contributed by atoms with van der Waals surface area (Å²) in [6.45, 7) is 11.7. The van der Waals surface area contributed by atoms with Gasteiger partial charge in [0, 0.05) is 0 Å². The molecule has 0 atom stereocenters. The minimum Gasteiger partial charge on any atom is -0.0616 e. The van der Waals surface area contributed by atoms with E-state index in [-0.39, 0.29) is 0 Å². The molecule has 17 aromatic rings. The van der Waals surface area contributed by atoms with Crippen LogP contribution in [0.1, 0.15) is 27.8 Å². The van der Waals surface area contributed by atoms with Crippen LogP contribution in [-0.4, -0.2) is 0 Å². The van der Waals surface area contributed by atoms with Crippen molar-refractivity contribution in [3.63, 3.8) is 0 Å². The molecule has 0 heterocycles. The van der Waals surface area contributed by atoms with Gasteiger partial charge in [-0.2, -0.15) is 0 Å². The Morgan fingerprint density at radius 3 is 0.983 bits per heavy atom. The van der Waals surface area contributed by atoms with Gasteiger partial charge in [-0.1, -0.05) is 109 Å². The van der Waals surface area contributed by atoms with Crippen LogP contribution in [0.15, 0.2) is 103 Å². The number of rotatable bonds is 0. The first-order valence-corrected chi connectivity index (χ1v) is 21.4. The number of fused-ring (bicyclic) bond motifs is 10. The van der Waals surface area contributed by atoms with Crippen LogP contribution in [0.4, 0.5) is 0 Å². The molecule has 0 saturated heterocycles. The third-order valence-corrected chi connectivity index (χ3v) is 15.9. The standard InChI is InChI=1S/C59H32/c1-23-10-11-30-32-13-15-34-37-18-25(3)20-39-38-19-24(2)17-36-33-14-12-31-28-8-6-7-9-29(28)40-21-26(4)42-43-27(5)22-41(35(30)16-23)51-47(32)49(34)57-55(45(37)39)54(44(36)38)56-48(33)46(31)50(40)52(42)58(56)59(57)53(43)51/h6-22H,1-5H3. The Kier molecular flexibility index (Phi) is 4.31. The van der Waals surface area contributed by atoms with Crippen LogP contribution in [0.25, 0.3) is 172 Å². The fourth-order valence-corrected chi connectivity index (χ4v) is 14.1. The molecule has 0 aliphatic rings. The quantitative estimate of drug-likeness (QED) is 0.107. The van der Waals surface area contributed by atoms with Gasteiger partial charge < -0.3 is 0 Å². The van der Waals surface area contributed by atoms with Crippen molar-refractivity contribution in [2.75, 3.05) is 0 Å². The molecule has 0 bridgehead atoms. The van der Waals surface area contributed by atoms with Gasteiger partial charge in [-0.25, -0.2) is 0 Å². The fourth-order valence-electron chi connectivity index (χ4n) is 14.1. The lowest BCUT2D eigenvalue weighted by Crippen LogP contribution is -2.03. The van der Waals surface area contributed by atoms with E-state index in [4.69, 9.17) is 0 Å². The highest BCUT2D eigenvalue weighted by atomic mass is 14.4. The van der Waals surface area contributed by atoms with Crippen molar-refractivity contribution in [2.45, 2.75) is 34.6 Å². The lowest BCUT2D eigenvalue weighted by atomic mass is 9.70. The molecule has 17 rings (SSSR count). The minimum absolute atomic E-state index is 1.31. The summed E-state index contributed by atoms with van der Waals surface area (Å²) < 4.78 is 0. The first kappa shape index (κ1) is 29.2. The zero-order chi connectivity index (χ0) is 38.4. The zero-order valence-electron chi connectivity index (χ0n) is 33.3. The summed E-state index contributed by atoms with van der Waals surface area (Å²) in [4.78, 5) is 0. The van der Waals surface area contributed by atoms with Gasteiger partial charge in [0.1, 0.15) is 0 Å². The van der Waals surface area contributed by atoms with Crippen molar-refractivity contribution >= 4 is 172 Å². The van der Waals surface area contributed by atoms with Crippen LogP contribution < -0.4 is 0 Å². The second-order valence-electron chi connectivity index (χ2n) is 18.9. The molecule has 17 aromatic carbocycles. The van der Waals surface area contributed by atoms with E-state index in [0.29, 0.717) is 0 Å². The molecule has 0 saturated carbocycles. The van der Waals surface area contributed by atoms with Crippen molar-refractivity contribution in [3.8, 4) is 0 Å². The second kappa shape index (κ2) is 8.70. The molecule has 0 aliphatic carbocycles. The zero-order valence-corrected chi connectivity index (χ0v) is 33.3. The smallest absolute Gasteiger partial charge is 0.0000138 e.